The quantitative estimate of drug-likeness (QED) is 0.790. The summed E-state index contributed by atoms with van der Waals surface area (Å²) in [4.78, 5) is 2.18. The van der Waals surface area contributed by atoms with Gasteiger partial charge in [-0.3, -0.25) is 0 Å². The predicted octanol–water partition coefficient (Wildman–Crippen LogP) is 2.63. The van der Waals surface area contributed by atoms with E-state index in [4.69, 9.17) is 9.47 Å². The Labute approximate surface area is 109 Å². The minimum absolute atomic E-state index is 0.313. The molecule has 0 aliphatic rings. The third-order valence-electron chi connectivity index (χ3n) is 2.83. The highest BCUT2D eigenvalue weighted by atomic mass is 32.1. The summed E-state index contributed by atoms with van der Waals surface area (Å²) in [5.74, 6) is 2.52. The van der Waals surface area contributed by atoms with Crippen LogP contribution in [0.25, 0.3) is 0 Å². The van der Waals surface area contributed by atoms with Gasteiger partial charge in [-0.15, -0.1) is 0 Å². The topological polar surface area (TPSA) is 21.7 Å². The van der Waals surface area contributed by atoms with Gasteiger partial charge in [-0.1, -0.05) is 6.07 Å². The lowest BCUT2D eigenvalue weighted by atomic mass is 10.0. The van der Waals surface area contributed by atoms with E-state index in [2.05, 4.69) is 37.7 Å². The van der Waals surface area contributed by atoms with Gasteiger partial charge in [0.05, 0.1) is 14.2 Å². The molecule has 0 amide bonds. The standard InChI is InChI=1S/C13H21NO2S/c1-14(2)12(7-8-17)11-6-5-10(15-3)9-13(11)16-4/h5-6,9,12,17H,7-8H2,1-4H3. The second-order valence-corrected chi connectivity index (χ2v) is 4.55. The summed E-state index contributed by atoms with van der Waals surface area (Å²) in [6, 6.07) is 6.26. The van der Waals surface area contributed by atoms with E-state index in [0.717, 1.165) is 23.7 Å². The molecule has 0 saturated carbocycles. The van der Waals surface area contributed by atoms with Gasteiger partial charge in [-0.2, -0.15) is 12.6 Å². The average Bonchev–Trinajstić information content (AvgIpc) is 2.35. The maximum absolute atomic E-state index is 5.43. The van der Waals surface area contributed by atoms with E-state index in [1.165, 1.54) is 5.56 Å². The average molecular weight is 255 g/mol. The van der Waals surface area contributed by atoms with Crippen molar-refractivity contribution in [3.05, 3.63) is 23.8 Å². The first-order valence-corrected chi connectivity index (χ1v) is 6.26. The molecule has 0 aliphatic carbocycles. The Hall–Kier alpha value is -0.870. The first-order valence-electron chi connectivity index (χ1n) is 5.63. The van der Waals surface area contributed by atoms with Gasteiger partial charge in [0.15, 0.2) is 0 Å². The fourth-order valence-electron chi connectivity index (χ4n) is 1.91. The maximum Gasteiger partial charge on any atom is 0.127 e. The molecule has 0 fully saturated rings. The Kier molecular flexibility index (Phi) is 5.65. The molecule has 0 aliphatic heterocycles. The normalized spacial score (nSPS) is 12.6. The molecular formula is C13H21NO2S. The number of benzene rings is 1. The van der Waals surface area contributed by atoms with E-state index in [0.29, 0.717) is 6.04 Å². The zero-order chi connectivity index (χ0) is 12.8. The van der Waals surface area contributed by atoms with Crippen LogP contribution in [0.15, 0.2) is 18.2 Å². The molecule has 1 aromatic carbocycles. The summed E-state index contributed by atoms with van der Waals surface area (Å²) < 4.78 is 10.6. The number of ether oxygens (including phenoxy) is 2. The highest BCUT2D eigenvalue weighted by Gasteiger charge is 2.18. The zero-order valence-electron chi connectivity index (χ0n) is 10.9. The van der Waals surface area contributed by atoms with Crippen molar-refractivity contribution in [1.29, 1.82) is 0 Å². The summed E-state index contributed by atoms with van der Waals surface area (Å²) in [5.41, 5.74) is 1.17. The van der Waals surface area contributed by atoms with Crippen LogP contribution in [0.4, 0.5) is 0 Å². The molecule has 17 heavy (non-hydrogen) atoms. The smallest absolute Gasteiger partial charge is 0.127 e. The molecule has 0 spiro atoms. The molecule has 0 saturated heterocycles. The van der Waals surface area contributed by atoms with Crippen LogP contribution in [-0.2, 0) is 0 Å². The van der Waals surface area contributed by atoms with Gasteiger partial charge in [0.2, 0.25) is 0 Å². The Bertz CT molecular complexity index is 355. The van der Waals surface area contributed by atoms with Gasteiger partial charge in [-0.05, 0) is 32.3 Å². The molecule has 1 unspecified atom stereocenters. The molecule has 1 rings (SSSR count). The van der Waals surface area contributed by atoms with E-state index < -0.39 is 0 Å². The lowest BCUT2D eigenvalue weighted by molar-refractivity contribution is 0.282. The molecule has 0 aromatic heterocycles. The molecule has 0 heterocycles. The third kappa shape index (κ3) is 3.54. The van der Waals surface area contributed by atoms with Crippen molar-refractivity contribution in [3.8, 4) is 11.5 Å². The number of methoxy groups -OCH3 is 2. The van der Waals surface area contributed by atoms with Crippen molar-refractivity contribution in [2.45, 2.75) is 12.5 Å². The van der Waals surface area contributed by atoms with Crippen molar-refractivity contribution in [2.75, 3.05) is 34.1 Å². The van der Waals surface area contributed by atoms with Crippen LogP contribution >= 0.6 is 12.6 Å². The minimum atomic E-state index is 0.313. The Morgan fingerprint density at radius 3 is 2.41 bits per heavy atom. The number of nitrogens with zero attached hydrogens (tertiary/aromatic N) is 1. The zero-order valence-corrected chi connectivity index (χ0v) is 11.8. The molecule has 3 nitrogen and oxygen atoms in total. The molecule has 1 atom stereocenters. The molecular weight excluding hydrogens is 234 g/mol. The fraction of sp³-hybridized carbons (Fsp3) is 0.538. The van der Waals surface area contributed by atoms with Crippen LogP contribution in [0.2, 0.25) is 0 Å². The molecule has 1 aromatic rings. The number of rotatable bonds is 6. The van der Waals surface area contributed by atoms with Crippen molar-refractivity contribution in [1.82, 2.24) is 4.90 Å². The second-order valence-electron chi connectivity index (χ2n) is 4.10. The highest BCUT2D eigenvalue weighted by Crippen LogP contribution is 2.33. The Balaban J connectivity index is 3.09. The molecule has 4 heteroatoms. The van der Waals surface area contributed by atoms with E-state index in [9.17, 15) is 0 Å². The fourth-order valence-corrected chi connectivity index (χ4v) is 2.15. The molecule has 0 radical (unpaired) electrons. The SMILES string of the molecule is COc1ccc(C(CCS)N(C)C)c(OC)c1. The van der Waals surface area contributed by atoms with Crippen LogP contribution in [0.3, 0.4) is 0 Å². The van der Waals surface area contributed by atoms with Crippen molar-refractivity contribution < 1.29 is 9.47 Å². The third-order valence-corrected chi connectivity index (χ3v) is 3.08. The van der Waals surface area contributed by atoms with Crippen molar-refractivity contribution in [2.24, 2.45) is 0 Å². The van der Waals surface area contributed by atoms with E-state index in [1.807, 2.05) is 12.1 Å². The largest absolute Gasteiger partial charge is 0.497 e. The van der Waals surface area contributed by atoms with Crippen LogP contribution in [-0.4, -0.2) is 39.0 Å². The van der Waals surface area contributed by atoms with Crippen LogP contribution in [0.5, 0.6) is 11.5 Å². The van der Waals surface area contributed by atoms with E-state index >= 15 is 0 Å². The van der Waals surface area contributed by atoms with Gasteiger partial charge in [0, 0.05) is 17.7 Å². The Morgan fingerprint density at radius 1 is 1.24 bits per heavy atom. The molecule has 0 N–H and O–H groups in total. The van der Waals surface area contributed by atoms with Gasteiger partial charge in [0.1, 0.15) is 11.5 Å². The molecule has 0 bridgehead atoms. The summed E-state index contributed by atoms with van der Waals surface area (Å²) in [7, 11) is 7.48. The lowest BCUT2D eigenvalue weighted by Gasteiger charge is -2.26. The van der Waals surface area contributed by atoms with Crippen molar-refractivity contribution >= 4 is 12.6 Å². The van der Waals surface area contributed by atoms with Gasteiger partial charge in [-0.25, -0.2) is 0 Å². The number of hydrogen-bond donors (Lipinski definition) is 1. The van der Waals surface area contributed by atoms with E-state index in [1.54, 1.807) is 14.2 Å². The van der Waals surface area contributed by atoms with E-state index in [-0.39, 0.29) is 0 Å². The van der Waals surface area contributed by atoms with Gasteiger partial charge >= 0.3 is 0 Å². The summed E-state index contributed by atoms with van der Waals surface area (Å²) >= 11 is 4.31. The minimum Gasteiger partial charge on any atom is -0.497 e. The Morgan fingerprint density at radius 2 is 1.94 bits per heavy atom. The number of thiol groups is 1. The summed E-state index contributed by atoms with van der Waals surface area (Å²) in [5, 5.41) is 0. The first-order chi connectivity index (χ1) is 8.13. The lowest BCUT2D eigenvalue weighted by Crippen LogP contribution is -2.21. The number of hydrogen-bond acceptors (Lipinski definition) is 4. The first kappa shape index (κ1) is 14.2. The maximum atomic E-state index is 5.43. The summed E-state index contributed by atoms with van der Waals surface area (Å²) in [6.07, 6.45) is 0.985. The van der Waals surface area contributed by atoms with Crippen molar-refractivity contribution in [3.63, 3.8) is 0 Å². The van der Waals surface area contributed by atoms with Crippen LogP contribution < -0.4 is 9.47 Å². The second kappa shape index (κ2) is 6.77. The van der Waals surface area contributed by atoms with Crippen LogP contribution in [0.1, 0.15) is 18.0 Å². The molecule has 96 valence electrons. The highest BCUT2D eigenvalue weighted by molar-refractivity contribution is 7.80. The van der Waals surface area contributed by atoms with Gasteiger partial charge < -0.3 is 14.4 Å². The van der Waals surface area contributed by atoms with Gasteiger partial charge in [0.25, 0.3) is 0 Å². The summed E-state index contributed by atoms with van der Waals surface area (Å²) in [6.45, 7) is 0. The monoisotopic (exact) mass is 255 g/mol. The predicted molar refractivity (Wildman–Crippen MR) is 74.4 cm³/mol. The van der Waals surface area contributed by atoms with Crippen LogP contribution in [0, 0.1) is 0 Å².